The third-order valence-corrected chi connectivity index (χ3v) is 4.32. The Morgan fingerprint density at radius 1 is 1.67 bits per heavy atom. The summed E-state index contributed by atoms with van der Waals surface area (Å²) in [6, 6.07) is 3.07. The maximum absolute atomic E-state index is 9.40. The number of thioether (sulfide) groups is 1. The van der Waals surface area contributed by atoms with E-state index in [1.54, 1.807) is 18.0 Å². The van der Waals surface area contributed by atoms with Crippen molar-refractivity contribution in [2.45, 2.75) is 55.8 Å². The normalized spacial score (nSPS) is 18.2. The zero-order chi connectivity index (χ0) is 12.8. The SMILES string of the molecule is CCC(C#N)(CCCSc1ncc[nH]1)NC1CC1. The van der Waals surface area contributed by atoms with Crippen molar-refractivity contribution in [1.82, 2.24) is 15.3 Å². The molecule has 1 aliphatic rings. The van der Waals surface area contributed by atoms with Crippen molar-refractivity contribution in [2.75, 3.05) is 5.75 Å². The van der Waals surface area contributed by atoms with Gasteiger partial charge >= 0.3 is 0 Å². The van der Waals surface area contributed by atoms with Crippen molar-refractivity contribution in [1.29, 1.82) is 5.26 Å². The number of imidazole rings is 1. The number of hydrogen-bond acceptors (Lipinski definition) is 4. The highest BCUT2D eigenvalue weighted by atomic mass is 32.2. The average Bonchev–Trinajstić information content (AvgIpc) is 3.05. The first kappa shape index (κ1) is 13.4. The molecule has 0 amide bonds. The van der Waals surface area contributed by atoms with Crippen molar-refractivity contribution in [3.8, 4) is 6.07 Å². The molecule has 2 rings (SSSR count). The van der Waals surface area contributed by atoms with E-state index in [1.165, 1.54) is 12.8 Å². The van der Waals surface area contributed by atoms with E-state index >= 15 is 0 Å². The molecule has 0 saturated heterocycles. The monoisotopic (exact) mass is 264 g/mol. The van der Waals surface area contributed by atoms with Crippen LogP contribution in [0, 0.1) is 11.3 Å². The predicted molar refractivity (Wildman–Crippen MR) is 73.3 cm³/mol. The number of aromatic amines is 1. The third kappa shape index (κ3) is 3.76. The van der Waals surface area contributed by atoms with Crippen molar-refractivity contribution in [3.05, 3.63) is 12.4 Å². The summed E-state index contributed by atoms with van der Waals surface area (Å²) >= 11 is 1.72. The fraction of sp³-hybridized carbons (Fsp3) is 0.692. The maximum Gasteiger partial charge on any atom is 0.165 e. The molecule has 1 heterocycles. The zero-order valence-corrected chi connectivity index (χ0v) is 11.6. The second kappa shape index (κ2) is 6.26. The van der Waals surface area contributed by atoms with Crippen LogP contribution in [0.5, 0.6) is 0 Å². The van der Waals surface area contributed by atoms with Crippen LogP contribution < -0.4 is 5.32 Å². The first-order valence-electron chi connectivity index (χ1n) is 6.59. The Bertz CT molecular complexity index is 394. The number of nitrogens with one attached hydrogen (secondary N) is 2. The van der Waals surface area contributed by atoms with E-state index < -0.39 is 0 Å². The summed E-state index contributed by atoms with van der Waals surface area (Å²) in [7, 11) is 0. The number of H-pyrrole nitrogens is 1. The molecule has 5 heteroatoms. The molecular formula is C13H20N4S. The van der Waals surface area contributed by atoms with Gasteiger partial charge in [-0.05, 0) is 32.1 Å². The van der Waals surface area contributed by atoms with Crippen LogP contribution in [0.25, 0.3) is 0 Å². The minimum Gasteiger partial charge on any atom is -0.340 e. The third-order valence-electron chi connectivity index (χ3n) is 3.34. The quantitative estimate of drug-likeness (QED) is 0.560. The first-order chi connectivity index (χ1) is 8.78. The highest BCUT2D eigenvalue weighted by Gasteiger charge is 2.34. The molecule has 98 valence electrons. The van der Waals surface area contributed by atoms with Gasteiger partial charge in [-0.25, -0.2) is 4.98 Å². The molecule has 18 heavy (non-hydrogen) atoms. The standard InChI is InChI=1S/C13H20N4S/c1-2-13(10-14,17-11-4-5-11)6-3-9-18-12-15-7-8-16-12/h7-8,11,17H,2-6,9H2,1H3,(H,15,16). The molecule has 1 fully saturated rings. The Hall–Kier alpha value is -0.990. The highest BCUT2D eigenvalue weighted by Crippen LogP contribution is 2.27. The summed E-state index contributed by atoms with van der Waals surface area (Å²) in [5.41, 5.74) is -0.315. The molecule has 0 spiro atoms. The molecule has 0 bridgehead atoms. The van der Waals surface area contributed by atoms with Crippen LogP contribution in [0.1, 0.15) is 39.0 Å². The average molecular weight is 264 g/mol. The molecule has 0 aliphatic heterocycles. The molecule has 1 aromatic rings. The Labute approximate surface area is 113 Å². The van der Waals surface area contributed by atoms with E-state index in [2.05, 4.69) is 28.3 Å². The molecule has 1 unspecified atom stereocenters. The summed E-state index contributed by atoms with van der Waals surface area (Å²) in [6.45, 7) is 2.10. The lowest BCUT2D eigenvalue weighted by Gasteiger charge is -2.26. The molecule has 1 aliphatic carbocycles. The minimum absolute atomic E-state index is 0.315. The predicted octanol–water partition coefficient (Wildman–Crippen LogP) is 2.71. The van der Waals surface area contributed by atoms with E-state index in [1.807, 2.05) is 6.20 Å². The summed E-state index contributed by atoms with van der Waals surface area (Å²) < 4.78 is 0. The van der Waals surface area contributed by atoms with Gasteiger partial charge in [-0.3, -0.25) is 5.32 Å². The molecule has 4 nitrogen and oxygen atoms in total. The van der Waals surface area contributed by atoms with Gasteiger partial charge in [0.25, 0.3) is 0 Å². The van der Waals surface area contributed by atoms with Crippen molar-refractivity contribution in [3.63, 3.8) is 0 Å². The second-order valence-electron chi connectivity index (χ2n) is 4.81. The number of rotatable bonds is 8. The van der Waals surface area contributed by atoms with Gasteiger partial charge < -0.3 is 4.98 Å². The highest BCUT2D eigenvalue weighted by molar-refractivity contribution is 7.99. The molecule has 0 aromatic carbocycles. The van der Waals surface area contributed by atoms with Gasteiger partial charge in [0.1, 0.15) is 5.54 Å². The van der Waals surface area contributed by atoms with E-state index in [-0.39, 0.29) is 5.54 Å². The lowest BCUT2D eigenvalue weighted by atomic mass is 9.92. The molecule has 1 aromatic heterocycles. The van der Waals surface area contributed by atoms with Crippen LogP contribution in [0.2, 0.25) is 0 Å². The van der Waals surface area contributed by atoms with Gasteiger partial charge in [-0.1, -0.05) is 18.7 Å². The molecule has 1 saturated carbocycles. The first-order valence-corrected chi connectivity index (χ1v) is 7.58. The number of nitrogens with zero attached hydrogens (tertiary/aromatic N) is 2. The fourth-order valence-corrected chi connectivity index (χ4v) is 2.78. The van der Waals surface area contributed by atoms with Crippen LogP contribution in [-0.2, 0) is 0 Å². The van der Waals surface area contributed by atoms with Crippen molar-refractivity contribution >= 4 is 11.8 Å². The minimum atomic E-state index is -0.315. The molecular weight excluding hydrogens is 244 g/mol. The van der Waals surface area contributed by atoms with Crippen molar-refractivity contribution < 1.29 is 0 Å². The van der Waals surface area contributed by atoms with Gasteiger partial charge in [0.15, 0.2) is 5.16 Å². The van der Waals surface area contributed by atoms with E-state index in [4.69, 9.17) is 0 Å². The summed E-state index contributed by atoms with van der Waals surface area (Å²) in [6.07, 6.45) is 8.89. The Balaban J connectivity index is 1.73. The Morgan fingerprint density at radius 3 is 3.06 bits per heavy atom. The van der Waals surface area contributed by atoms with Gasteiger partial charge in [-0.2, -0.15) is 5.26 Å². The Kier molecular flexibility index (Phi) is 4.67. The van der Waals surface area contributed by atoms with Gasteiger partial charge in [-0.15, -0.1) is 0 Å². The van der Waals surface area contributed by atoms with Crippen LogP contribution in [0.3, 0.4) is 0 Å². The second-order valence-corrected chi connectivity index (χ2v) is 5.90. The van der Waals surface area contributed by atoms with Crippen LogP contribution >= 0.6 is 11.8 Å². The van der Waals surface area contributed by atoms with E-state index in [9.17, 15) is 5.26 Å². The summed E-state index contributed by atoms with van der Waals surface area (Å²) in [5.74, 6) is 1.00. The van der Waals surface area contributed by atoms with Crippen molar-refractivity contribution in [2.24, 2.45) is 0 Å². The van der Waals surface area contributed by atoms with Crippen LogP contribution in [0.4, 0.5) is 0 Å². The number of nitriles is 1. The van der Waals surface area contributed by atoms with E-state index in [0.717, 1.165) is 30.2 Å². The topological polar surface area (TPSA) is 64.5 Å². The number of hydrogen-bond donors (Lipinski definition) is 2. The number of aromatic nitrogens is 2. The fourth-order valence-electron chi connectivity index (χ4n) is 2.01. The summed E-state index contributed by atoms with van der Waals surface area (Å²) in [5, 5.41) is 13.9. The smallest absolute Gasteiger partial charge is 0.165 e. The largest absolute Gasteiger partial charge is 0.340 e. The molecule has 2 N–H and O–H groups in total. The Morgan fingerprint density at radius 2 is 2.50 bits per heavy atom. The van der Waals surface area contributed by atoms with Crippen LogP contribution in [0.15, 0.2) is 17.6 Å². The summed E-state index contributed by atoms with van der Waals surface area (Å²) in [4.78, 5) is 7.25. The van der Waals surface area contributed by atoms with E-state index in [0.29, 0.717) is 6.04 Å². The lowest BCUT2D eigenvalue weighted by Crippen LogP contribution is -2.44. The zero-order valence-electron chi connectivity index (χ0n) is 10.8. The molecule has 0 radical (unpaired) electrons. The maximum atomic E-state index is 9.40. The van der Waals surface area contributed by atoms with Gasteiger partial charge in [0, 0.05) is 24.2 Å². The van der Waals surface area contributed by atoms with Gasteiger partial charge in [0.05, 0.1) is 6.07 Å². The van der Waals surface area contributed by atoms with Gasteiger partial charge in [0.2, 0.25) is 0 Å². The van der Waals surface area contributed by atoms with Crippen LogP contribution in [-0.4, -0.2) is 27.3 Å². The lowest BCUT2D eigenvalue weighted by molar-refractivity contribution is 0.367. The molecule has 1 atom stereocenters.